The van der Waals surface area contributed by atoms with E-state index >= 15 is 0 Å². The molecule has 0 fully saturated rings. The molecule has 0 bridgehead atoms. The van der Waals surface area contributed by atoms with Crippen molar-refractivity contribution in [2.24, 2.45) is 0 Å². The van der Waals surface area contributed by atoms with Crippen molar-refractivity contribution in [2.45, 2.75) is 6.82 Å². The van der Waals surface area contributed by atoms with Crippen LogP contribution in [0.2, 0.25) is 6.82 Å². The van der Waals surface area contributed by atoms with Crippen molar-refractivity contribution in [1.82, 2.24) is 0 Å². The molecule has 0 saturated carbocycles. The normalized spacial score (nSPS) is 11.5. The van der Waals surface area contributed by atoms with Crippen LogP contribution in [0.1, 0.15) is 0 Å². The van der Waals surface area contributed by atoms with E-state index < -0.39 is 0 Å². The van der Waals surface area contributed by atoms with Gasteiger partial charge in [0.15, 0.2) is 0 Å². The van der Waals surface area contributed by atoms with Crippen LogP contribution in [0.5, 0.6) is 0 Å². The number of hydrogen-bond acceptors (Lipinski definition) is 0. The SMILES string of the molecule is C[B]c1c2ccccc2c(-c2ccc(-c3c4ccccc4c(Br)c4ccccc34)cc2)c2ccccc12. The van der Waals surface area contributed by atoms with Gasteiger partial charge in [-0.3, -0.25) is 0 Å². The number of halogens is 1. The van der Waals surface area contributed by atoms with Gasteiger partial charge in [-0.25, -0.2) is 0 Å². The fourth-order valence-corrected chi connectivity index (χ4v) is 6.67. The molecular formula is C35H23BBr. The van der Waals surface area contributed by atoms with Gasteiger partial charge in [-0.15, -0.1) is 0 Å². The Balaban J connectivity index is 1.50. The van der Waals surface area contributed by atoms with Gasteiger partial charge in [-0.2, -0.15) is 0 Å². The summed E-state index contributed by atoms with van der Waals surface area (Å²) < 4.78 is 1.16. The van der Waals surface area contributed by atoms with Crippen molar-refractivity contribution >= 4 is 71.8 Å². The van der Waals surface area contributed by atoms with Crippen molar-refractivity contribution < 1.29 is 0 Å². The van der Waals surface area contributed by atoms with E-state index in [2.05, 4.69) is 151 Å². The molecule has 7 aromatic carbocycles. The lowest BCUT2D eigenvalue weighted by atomic mass is 9.68. The summed E-state index contributed by atoms with van der Waals surface area (Å²) in [7, 11) is 2.24. The quantitative estimate of drug-likeness (QED) is 0.156. The van der Waals surface area contributed by atoms with Crippen molar-refractivity contribution in [3.8, 4) is 22.3 Å². The minimum atomic E-state index is 1.16. The Kier molecular flexibility index (Phi) is 5.37. The zero-order valence-electron chi connectivity index (χ0n) is 20.5. The molecule has 0 heterocycles. The second-order valence-electron chi connectivity index (χ2n) is 9.53. The Hall–Kier alpha value is -3.88. The van der Waals surface area contributed by atoms with Crippen LogP contribution in [0.25, 0.3) is 65.3 Å². The zero-order chi connectivity index (χ0) is 24.9. The smallest absolute Gasteiger partial charge is 0.0872 e. The third kappa shape index (κ3) is 3.44. The average Bonchev–Trinajstić information content (AvgIpc) is 2.96. The molecule has 0 aromatic heterocycles. The molecule has 7 rings (SSSR count). The van der Waals surface area contributed by atoms with Crippen LogP contribution < -0.4 is 5.46 Å². The van der Waals surface area contributed by atoms with Crippen LogP contribution in [0.15, 0.2) is 126 Å². The van der Waals surface area contributed by atoms with Crippen molar-refractivity contribution in [1.29, 1.82) is 0 Å². The largest absolute Gasteiger partial charge is 0.149 e. The van der Waals surface area contributed by atoms with E-state index in [0.717, 1.165) is 4.47 Å². The van der Waals surface area contributed by atoms with Gasteiger partial charge in [0.25, 0.3) is 0 Å². The van der Waals surface area contributed by atoms with Gasteiger partial charge in [0.2, 0.25) is 0 Å². The van der Waals surface area contributed by atoms with E-state index in [4.69, 9.17) is 0 Å². The predicted molar refractivity (Wildman–Crippen MR) is 166 cm³/mol. The first-order valence-electron chi connectivity index (χ1n) is 12.7. The Morgan fingerprint density at radius 2 is 0.703 bits per heavy atom. The topological polar surface area (TPSA) is 0 Å². The van der Waals surface area contributed by atoms with E-state index in [-0.39, 0.29) is 0 Å². The van der Waals surface area contributed by atoms with Crippen LogP contribution in [-0.4, -0.2) is 7.28 Å². The summed E-state index contributed by atoms with van der Waals surface area (Å²) >= 11 is 3.89. The molecule has 0 N–H and O–H groups in total. The molecule has 0 unspecified atom stereocenters. The second kappa shape index (κ2) is 8.90. The van der Waals surface area contributed by atoms with Crippen LogP contribution in [0.3, 0.4) is 0 Å². The van der Waals surface area contributed by atoms with Crippen molar-refractivity contribution in [2.75, 3.05) is 0 Å². The summed E-state index contributed by atoms with van der Waals surface area (Å²) in [6.45, 7) is 2.13. The summed E-state index contributed by atoms with van der Waals surface area (Å²) in [6.07, 6.45) is 0. The third-order valence-electron chi connectivity index (χ3n) is 7.59. The highest BCUT2D eigenvalue weighted by molar-refractivity contribution is 9.10. The highest BCUT2D eigenvalue weighted by Gasteiger charge is 2.16. The van der Waals surface area contributed by atoms with Gasteiger partial charge >= 0.3 is 0 Å². The fourth-order valence-electron chi connectivity index (χ4n) is 5.97. The zero-order valence-corrected chi connectivity index (χ0v) is 22.1. The monoisotopic (exact) mass is 533 g/mol. The molecule has 0 aliphatic carbocycles. The van der Waals surface area contributed by atoms with Crippen LogP contribution in [0, 0.1) is 0 Å². The first-order valence-corrected chi connectivity index (χ1v) is 13.5. The summed E-state index contributed by atoms with van der Waals surface area (Å²) in [6, 6.07) is 44.1. The maximum Gasteiger partial charge on any atom is 0.149 e. The lowest BCUT2D eigenvalue weighted by Crippen LogP contribution is -2.14. The molecule has 0 aliphatic rings. The predicted octanol–water partition coefficient (Wildman–Crippen LogP) is 9.77. The van der Waals surface area contributed by atoms with Crippen LogP contribution >= 0.6 is 15.9 Å². The molecule has 0 nitrogen and oxygen atoms in total. The van der Waals surface area contributed by atoms with Crippen LogP contribution in [0.4, 0.5) is 0 Å². The van der Waals surface area contributed by atoms with E-state index in [1.807, 2.05) is 0 Å². The highest BCUT2D eigenvalue weighted by atomic mass is 79.9. The van der Waals surface area contributed by atoms with Gasteiger partial charge < -0.3 is 0 Å². The highest BCUT2D eigenvalue weighted by Crippen LogP contribution is 2.42. The van der Waals surface area contributed by atoms with E-state index in [1.165, 1.54) is 70.8 Å². The molecule has 0 spiro atoms. The standard InChI is InChI=1S/C35H23BBr/c1-36-34-28-14-6-2-10-24(28)32(25-11-3-7-15-29(25)34)22-18-20-23(21-19-22)33-26-12-4-8-16-30(26)35(37)31-17-9-5-13-27(31)33/h2-21H,1H3. The van der Waals surface area contributed by atoms with Gasteiger partial charge in [0, 0.05) is 4.47 Å². The van der Waals surface area contributed by atoms with E-state index in [9.17, 15) is 0 Å². The Morgan fingerprint density at radius 1 is 0.405 bits per heavy atom. The molecule has 0 aliphatic heterocycles. The van der Waals surface area contributed by atoms with E-state index in [0.29, 0.717) is 0 Å². The molecule has 0 saturated heterocycles. The van der Waals surface area contributed by atoms with E-state index in [1.54, 1.807) is 0 Å². The first-order chi connectivity index (χ1) is 18.3. The average molecular weight is 534 g/mol. The molecule has 0 atom stereocenters. The molecule has 1 radical (unpaired) electrons. The third-order valence-corrected chi connectivity index (χ3v) is 8.44. The number of fused-ring (bicyclic) bond motifs is 4. The maximum absolute atomic E-state index is 3.89. The first kappa shape index (κ1) is 22.3. The number of benzene rings is 7. The van der Waals surface area contributed by atoms with Crippen molar-refractivity contribution in [3.05, 3.63) is 126 Å². The Morgan fingerprint density at radius 3 is 1.05 bits per heavy atom. The minimum Gasteiger partial charge on any atom is -0.0872 e. The Labute approximate surface area is 225 Å². The van der Waals surface area contributed by atoms with Gasteiger partial charge in [0.05, 0.1) is 0 Å². The maximum atomic E-state index is 3.89. The fraction of sp³-hybridized carbons (Fsp3) is 0.0286. The lowest BCUT2D eigenvalue weighted by molar-refractivity contribution is 1.65. The minimum absolute atomic E-state index is 1.16. The summed E-state index contributed by atoms with van der Waals surface area (Å²) in [5, 5.41) is 10.2. The van der Waals surface area contributed by atoms with Gasteiger partial charge in [-0.1, -0.05) is 134 Å². The Bertz CT molecular complexity index is 1860. The molecular weight excluding hydrogens is 511 g/mol. The molecule has 173 valence electrons. The van der Waals surface area contributed by atoms with Crippen molar-refractivity contribution in [3.63, 3.8) is 0 Å². The summed E-state index contributed by atoms with van der Waals surface area (Å²) in [4.78, 5) is 0. The molecule has 0 amide bonds. The second-order valence-corrected chi connectivity index (χ2v) is 10.3. The van der Waals surface area contributed by atoms with Crippen LogP contribution in [-0.2, 0) is 0 Å². The molecule has 2 heteroatoms. The van der Waals surface area contributed by atoms with Gasteiger partial charge in [0.1, 0.15) is 7.28 Å². The molecule has 7 aromatic rings. The summed E-state index contributed by atoms with van der Waals surface area (Å²) in [5.41, 5.74) is 6.36. The number of rotatable bonds is 3. The lowest BCUT2D eigenvalue weighted by Gasteiger charge is -2.17. The molecule has 37 heavy (non-hydrogen) atoms. The number of hydrogen-bond donors (Lipinski definition) is 0. The van der Waals surface area contributed by atoms with Gasteiger partial charge in [-0.05, 0) is 81.3 Å². The summed E-state index contributed by atoms with van der Waals surface area (Å²) in [5.74, 6) is 0.